The molecule has 5 nitrogen and oxygen atoms in total. The summed E-state index contributed by atoms with van der Waals surface area (Å²) in [6, 6.07) is 24.1. The largest absolute Gasteiger partial charge is 0.369 e. The lowest BCUT2D eigenvalue weighted by molar-refractivity contribution is -0.117. The van der Waals surface area contributed by atoms with Gasteiger partial charge in [0.2, 0.25) is 5.91 Å². The number of ketones is 1. The number of halogens is 1. The maximum Gasteiger partial charge on any atom is 0.238 e. The first-order chi connectivity index (χ1) is 15.1. The predicted octanol–water partition coefficient (Wildman–Crippen LogP) is 4.33. The number of hydrogen-bond acceptors (Lipinski definition) is 4. The second-order valence-electron chi connectivity index (χ2n) is 7.53. The quantitative estimate of drug-likeness (QED) is 0.588. The fraction of sp³-hybridized carbons (Fsp3) is 0.200. The zero-order valence-corrected chi connectivity index (χ0v) is 17.9. The van der Waals surface area contributed by atoms with Crippen LogP contribution in [0.15, 0.2) is 78.9 Å². The molecule has 0 aliphatic carbocycles. The van der Waals surface area contributed by atoms with Gasteiger partial charge in [0, 0.05) is 48.0 Å². The number of amides is 1. The topological polar surface area (TPSA) is 52.7 Å². The van der Waals surface area contributed by atoms with E-state index in [0.29, 0.717) is 16.8 Å². The Morgan fingerprint density at radius 2 is 1.55 bits per heavy atom. The molecule has 0 unspecified atom stereocenters. The normalized spacial score (nSPS) is 14.3. The molecule has 3 aromatic rings. The van der Waals surface area contributed by atoms with E-state index in [1.165, 1.54) is 0 Å². The summed E-state index contributed by atoms with van der Waals surface area (Å²) in [4.78, 5) is 29.9. The molecule has 158 valence electrons. The molecular formula is C25H24ClN3O2. The smallest absolute Gasteiger partial charge is 0.238 e. The Balaban J connectivity index is 1.35. The van der Waals surface area contributed by atoms with Gasteiger partial charge in [-0.25, -0.2) is 0 Å². The molecular weight excluding hydrogens is 410 g/mol. The Morgan fingerprint density at radius 3 is 2.29 bits per heavy atom. The van der Waals surface area contributed by atoms with Gasteiger partial charge in [-0.1, -0.05) is 60.1 Å². The van der Waals surface area contributed by atoms with Gasteiger partial charge in [-0.15, -0.1) is 0 Å². The van der Waals surface area contributed by atoms with Crippen molar-refractivity contribution in [2.75, 3.05) is 42.9 Å². The van der Waals surface area contributed by atoms with E-state index >= 15 is 0 Å². The van der Waals surface area contributed by atoms with Gasteiger partial charge in [0.25, 0.3) is 0 Å². The SMILES string of the molecule is O=C(CN1CCN(c2cccc(Cl)c2)CC1)Nc1ccccc1C(=O)c1ccccc1. The summed E-state index contributed by atoms with van der Waals surface area (Å²) in [7, 11) is 0. The molecule has 6 heteroatoms. The van der Waals surface area contributed by atoms with Gasteiger partial charge in [-0.3, -0.25) is 14.5 Å². The van der Waals surface area contributed by atoms with E-state index in [2.05, 4.69) is 21.2 Å². The minimum absolute atomic E-state index is 0.105. The molecule has 3 aromatic carbocycles. The van der Waals surface area contributed by atoms with Crippen LogP contribution in [0.2, 0.25) is 5.02 Å². The lowest BCUT2D eigenvalue weighted by Crippen LogP contribution is -2.48. The molecule has 0 aromatic heterocycles. The van der Waals surface area contributed by atoms with Crippen LogP contribution < -0.4 is 10.2 Å². The number of nitrogens with zero attached hydrogens (tertiary/aromatic N) is 2. The van der Waals surface area contributed by atoms with Gasteiger partial charge in [0.15, 0.2) is 5.78 Å². The Labute approximate surface area is 187 Å². The molecule has 1 aliphatic heterocycles. The van der Waals surface area contributed by atoms with Crippen LogP contribution in [0.1, 0.15) is 15.9 Å². The summed E-state index contributed by atoms with van der Waals surface area (Å²) in [6.07, 6.45) is 0. The maximum atomic E-state index is 12.9. The standard InChI is InChI=1S/C25H24ClN3O2/c26-20-9-6-10-21(17-20)29-15-13-28(14-16-29)18-24(30)27-23-12-5-4-11-22(23)25(31)19-7-2-1-3-8-19/h1-12,17H,13-16,18H2,(H,27,30). The first kappa shape index (κ1) is 21.1. The van der Waals surface area contributed by atoms with Gasteiger partial charge in [-0.2, -0.15) is 0 Å². The van der Waals surface area contributed by atoms with Gasteiger partial charge in [-0.05, 0) is 30.3 Å². The van der Waals surface area contributed by atoms with Gasteiger partial charge >= 0.3 is 0 Å². The van der Waals surface area contributed by atoms with Crippen LogP contribution >= 0.6 is 11.6 Å². The second kappa shape index (κ2) is 9.77. The number of hydrogen-bond donors (Lipinski definition) is 1. The highest BCUT2D eigenvalue weighted by atomic mass is 35.5. The predicted molar refractivity (Wildman–Crippen MR) is 125 cm³/mol. The summed E-state index contributed by atoms with van der Waals surface area (Å²) < 4.78 is 0. The van der Waals surface area contributed by atoms with E-state index in [9.17, 15) is 9.59 Å². The first-order valence-electron chi connectivity index (χ1n) is 10.3. The van der Waals surface area contributed by atoms with Crippen molar-refractivity contribution in [2.45, 2.75) is 0 Å². The molecule has 4 rings (SSSR count). The molecule has 1 amide bonds. The van der Waals surface area contributed by atoms with Crippen molar-refractivity contribution < 1.29 is 9.59 Å². The molecule has 1 heterocycles. The Morgan fingerprint density at radius 1 is 0.839 bits per heavy atom. The summed E-state index contributed by atoms with van der Waals surface area (Å²) in [5.41, 5.74) is 2.73. The number of rotatable bonds is 6. The average Bonchev–Trinajstić information content (AvgIpc) is 2.80. The fourth-order valence-electron chi connectivity index (χ4n) is 3.76. The zero-order valence-electron chi connectivity index (χ0n) is 17.1. The van der Waals surface area contributed by atoms with Crippen molar-refractivity contribution in [2.24, 2.45) is 0 Å². The van der Waals surface area contributed by atoms with Gasteiger partial charge in [0.1, 0.15) is 0 Å². The number of carbonyl (C=O) groups is 2. The van der Waals surface area contributed by atoms with E-state index in [4.69, 9.17) is 11.6 Å². The summed E-state index contributed by atoms with van der Waals surface area (Å²) in [5, 5.41) is 3.65. The molecule has 0 radical (unpaired) electrons. The highest BCUT2D eigenvalue weighted by Crippen LogP contribution is 2.22. The van der Waals surface area contributed by atoms with E-state index in [0.717, 1.165) is 36.9 Å². The number of benzene rings is 3. The van der Waals surface area contributed by atoms with Gasteiger partial charge < -0.3 is 10.2 Å². The molecule has 1 aliphatic rings. The summed E-state index contributed by atoms with van der Waals surface area (Å²) in [6.45, 7) is 3.51. The highest BCUT2D eigenvalue weighted by Gasteiger charge is 2.20. The second-order valence-corrected chi connectivity index (χ2v) is 7.97. The minimum atomic E-state index is -0.121. The molecule has 0 atom stereocenters. The van der Waals surface area contributed by atoms with Crippen molar-refractivity contribution in [3.05, 3.63) is 95.0 Å². The number of nitrogens with one attached hydrogen (secondary N) is 1. The van der Waals surface area contributed by atoms with Crippen molar-refractivity contribution >= 4 is 34.7 Å². The van der Waals surface area contributed by atoms with Crippen LogP contribution in [-0.2, 0) is 4.79 Å². The van der Waals surface area contributed by atoms with E-state index in [-0.39, 0.29) is 18.2 Å². The molecule has 0 spiro atoms. The molecule has 1 saturated heterocycles. The van der Waals surface area contributed by atoms with Crippen LogP contribution in [0, 0.1) is 0 Å². The van der Waals surface area contributed by atoms with Crippen LogP contribution in [-0.4, -0.2) is 49.3 Å². The first-order valence-corrected chi connectivity index (χ1v) is 10.7. The van der Waals surface area contributed by atoms with Crippen LogP contribution in [0.4, 0.5) is 11.4 Å². The number of piperazine rings is 1. The number of carbonyl (C=O) groups excluding carboxylic acids is 2. The fourth-order valence-corrected chi connectivity index (χ4v) is 3.95. The average molecular weight is 434 g/mol. The maximum absolute atomic E-state index is 12.9. The van der Waals surface area contributed by atoms with Crippen molar-refractivity contribution in [1.82, 2.24) is 4.90 Å². The Kier molecular flexibility index (Phi) is 6.65. The monoisotopic (exact) mass is 433 g/mol. The lowest BCUT2D eigenvalue weighted by Gasteiger charge is -2.35. The summed E-state index contributed by atoms with van der Waals surface area (Å²) in [5.74, 6) is -0.226. The third-order valence-corrected chi connectivity index (χ3v) is 5.63. The Bertz CT molecular complexity index is 1060. The zero-order chi connectivity index (χ0) is 21.6. The van der Waals surface area contributed by atoms with Crippen LogP contribution in [0.25, 0.3) is 0 Å². The number of para-hydroxylation sites is 1. The third kappa shape index (κ3) is 5.32. The highest BCUT2D eigenvalue weighted by molar-refractivity contribution is 6.30. The van der Waals surface area contributed by atoms with E-state index < -0.39 is 0 Å². The summed E-state index contributed by atoms with van der Waals surface area (Å²) >= 11 is 6.10. The third-order valence-electron chi connectivity index (χ3n) is 5.39. The van der Waals surface area contributed by atoms with Crippen LogP contribution in [0.5, 0.6) is 0 Å². The molecule has 0 saturated carbocycles. The van der Waals surface area contributed by atoms with E-state index in [1.54, 1.807) is 30.3 Å². The molecule has 1 fully saturated rings. The van der Waals surface area contributed by atoms with Crippen molar-refractivity contribution in [3.8, 4) is 0 Å². The van der Waals surface area contributed by atoms with Gasteiger partial charge in [0.05, 0.1) is 12.2 Å². The van der Waals surface area contributed by atoms with Crippen molar-refractivity contribution in [3.63, 3.8) is 0 Å². The molecule has 0 bridgehead atoms. The van der Waals surface area contributed by atoms with E-state index in [1.807, 2.05) is 42.5 Å². The minimum Gasteiger partial charge on any atom is -0.369 e. The van der Waals surface area contributed by atoms with Crippen molar-refractivity contribution in [1.29, 1.82) is 0 Å². The molecule has 1 N–H and O–H groups in total. The van der Waals surface area contributed by atoms with Crippen LogP contribution in [0.3, 0.4) is 0 Å². The number of anilines is 2. The Hall–Kier alpha value is -3.15. The molecule has 31 heavy (non-hydrogen) atoms. The lowest BCUT2D eigenvalue weighted by atomic mass is 10.0.